The van der Waals surface area contributed by atoms with Crippen LogP contribution in [0, 0.1) is 0 Å². The van der Waals surface area contributed by atoms with Crippen LogP contribution in [0.4, 0.5) is 4.79 Å². The summed E-state index contributed by atoms with van der Waals surface area (Å²) in [5.41, 5.74) is -0.218. The minimum Gasteiger partial charge on any atom is -0.441 e. The van der Waals surface area contributed by atoms with Gasteiger partial charge >= 0.3 is 6.09 Å². The maximum Gasteiger partial charge on any atom is 0.410 e. The highest BCUT2D eigenvalue weighted by Gasteiger charge is 2.45. The van der Waals surface area contributed by atoms with Crippen LogP contribution in [0.5, 0.6) is 0 Å². The van der Waals surface area contributed by atoms with Gasteiger partial charge in [-0.05, 0) is 25.7 Å². The molecule has 0 aromatic carbocycles. The number of nitrogens with zero attached hydrogens (tertiary/aromatic N) is 1. The van der Waals surface area contributed by atoms with E-state index in [1.54, 1.807) is 4.90 Å². The number of hydrogen-bond acceptors (Lipinski definition) is 3. The van der Waals surface area contributed by atoms with Crippen LogP contribution in [0.15, 0.2) is 0 Å². The molecule has 1 heterocycles. The van der Waals surface area contributed by atoms with Crippen LogP contribution >= 0.6 is 0 Å². The average molecular weight is 199 g/mol. The van der Waals surface area contributed by atoms with Crippen molar-refractivity contribution in [2.45, 2.75) is 37.7 Å². The van der Waals surface area contributed by atoms with Crippen molar-refractivity contribution in [3.8, 4) is 0 Å². The normalized spacial score (nSPS) is 25.5. The lowest BCUT2D eigenvalue weighted by molar-refractivity contribution is 0.0260. The summed E-state index contributed by atoms with van der Waals surface area (Å²) >= 11 is 0. The summed E-state index contributed by atoms with van der Waals surface area (Å²) in [5, 5.41) is 8.78. The SMILES string of the molecule is O=C1OC2(CCCCC2)CN1CCO. The van der Waals surface area contributed by atoms with E-state index in [0.717, 1.165) is 25.7 Å². The molecule has 0 aromatic rings. The van der Waals surface area contributed by atoms with Gasteiger partial charge in [0.05, 0.1) is 13.2 Å². The molecule has 1 aliphatic heterocycles. The zero-order valence-electron chi connectivity index (χ0n) is 8.37. The standard InChI is InChI=1S/C10H17NO3/c12-7-6-11-8-10(14-9(11)13)4-2-1-3-5-10/h12H,1-8H2. The van der Waals surface area contributed by atoms with Crippen LogP contribution in [0.2, 0.25) is 0 Å². The van der Waals surface area contributed by atoms with Crippen molar-refractivity contribution in [3.05, 3.63) is 0 Å². The van der Waals surface area contributed by atoms with Gasteiger partial charge in [0.25, 0.3) is 0 Å². The van der Waals surface area contributed by atoms with Gasteiger partial charge in [0.15, 0.2) is 0 Å². The molecule has 1 saturated heterocycles. The van der Waals surface area contributed by atoms with Crippen LogP contribution in [-0.2, 0) is 4.74 Å². The number of carbonyl (C=O) groups excluding carboxylic acids is 1. The number of rotatable bonds is 2. The number of aliphatic hydroxyl groups excluding tert-OH is 1. The fourth-order valence-electron chi connectivity index (χ4n) is 2.44. The van der Waals surface area contributed by atoms with Gasteiger partial charge in [0, 0.05) is 6.54 Å². The van der Waals surface area contributed by atoms with Crippen molar-refractivity contribution < 1.29 is 14.6 Å². The van der Waals surface area contributed by atoms with Crippen molar-refractivity contribution in [2.75, 3.05) is 19.7 Å². The van der Waals surface area contributed by atoms with Crippen molar-refractivity contribution in [3.63, 3.8) is 0 Å². The molecule has 2 fully saturated rings. The van der Waals surface area contributed by atoms with E-state index in [0.29, 0.717) is 13.1 Å². The third kappa shape index (κ3) is 1.71. The Morgan fingerprint density at radius 2 is 2.07 bits per heavy atom. The molecule has 80 valence electrons. The topological polar surface area (TPSA) is 49.8 Å². The minimum absolute atomic E-state index is 0.0190. The number of aliphatic hydroxyl groups is 1. The van der Waals surface area contributed by atoms with Gasteiger partial charge in [-0.1, -0.05) is 6.42 Å². The van der Waals surface area contributed by atoms with E-state index in [1.807, 2.05) is 0 Å². The smallest absolute Gasteiger partial charge is 0.410 e. The molecule has 2 rings (SSSR count). The lowest BCUT2D eigenvalue weighted by Gasteiger charge is -2.30. The van der Waals surface area contributed by atoms with Crippen LogP contribution in [-0.4, -0.2) is 41.4 Å². The zero-order chi connectivity index (χ0) is 10.0. The number of hydrogen-bond donors (Lipinski definition) is 1. The van der Waals surface area contributed by atoms with E-state index in [2.05, 4.69) is 0 Å². The fraction of sp³-hybridized carbons (Fsp3) is 0.900. The van der Waals surface area contributed by atoms with E-state index in [-0.39, 0.29) is 18.3 Å². The van der Waals surface area contributed by atoms with Crippen LogP contribution in [0.1, 0.15) is 32.1 Å². The first kappa shape index (κ1) is 9.77. The molecule has 4 nitrogen and oxygen atoms in total. The van der Waals surface area contributed by atoms with Gasteiger partial charge in [0.1, 0.15) is 5.60 Å². The summed E-state index contributed by atoms with van der Waals surface area (Å²) in [6.45, 7) is 1.10. The lowest BCUT2D eigenvalue weighted by Crippen LogP contribution is -2.37. The summed E-state index contributed by atoms with van der Waals surface area (Å²) in [5.74, 6) is 0. The van der Waals surface area contributed by atoms with Crippen molar-refractivity contribution >= 4 is 6.09 Å². The molecule has 0 bridgehead atoms. The van der Waals surface area contributed by atoms with E-state index in [1.165, 1.54) is 6.42 Å². The molecule has 1 saturated carbocycles. The first-order valence-corrected chi connectivity index (χ1v) is 5.35. The summed E-state index contributed by atoms with van der Waals surface area (Å²) in [6, 6.07) is 0. The molecule has 1 N–H and O–H groups in total. The Bertz CT molecular complexity index is 223. The third-order valence-corrected chi connectivity index (χ3v) is 3.18. The predicted molar refractivity (Wildman–Crippen MR) is 51.0 cm³/mol. The first-order chi connectivity index (χ1) is 6.76. The maximum absolute atomic E-state index is 11.4. The maximum atomic E-state index is 11.4. The largest absolute Gasteiger partial charge is 0.441 e. The quantitative estimate of drug-likeness (QED) is 0.725. The Balaban J connectivity index is 1.99. The predicted octanol–water partition coefficient (Wildman–Crippen LogP) is 1.13. The molecule has 0 unspecified atom stereocenters. The number of β-amino-alcohol motifs (C(OH)–C–C–N with tert-alkyl or cyclic N) is 1. The Morgan fingerprint density at radius 3 is 2.71 bits per heavy atom. The monoisotopic (exact) mass is 199 g/mol. The van der Waals surface area contributed by atoms with E-state index in [4.69, 9.17) is 9.84 Å². The van der Waals surface area contributed by atoms with Gasteiger partial charge in [-0.3, -0.25) is 0 Å². The summed E-state index contributed by atoms with van der Waals surface area (Å²) in [7, 11) is 0. The molecule has 0 radical (unpaired) electrons. The Kier molecular flexibility index (Phi) is 2.63. The molecule has 1 amide bonds. The third-order valence-electron chi connectivity index (χ3n) is 3.18. The highest BCUT2D eigenvalue weighted by atomic mass is 16.6. The van der Waals surface area contributed by atoms with E-state index < -0.39 is 0 Å². The highest BCUT2D eigenvalue weighted by Crippen LogP contribution is 2.36. The van der Waals surface area contributed by atoms with Gasteiger partial charge in [-0.15, -0.1) is 0 Å². The Hall–Kier alpha value is -0.770. The van der Waals surface area contributed by atoms with E-state index in [9.17, 15) is 4.79 Å². The second kappa shape index (κ2) is 3.77. The Morgan fingerprint density at radius 1 is 1.36 bits per heavy atom. The molecule has 1 aliphatic carbocycles. The number of carbonyl (C=O) groups is 1. The van der Waals surface area contributed by atoms with Crippen LogP contribution in [0.3, 0.4) is 0 Å². The molecule has 0 atom stereocenters. The van der Waals surface area contributed by atoms with E-state index >= 15 is 0 Å². The van der Waals surface area contributed by atoms with Crippen LogP contribution in [0.25, 0.3) is 0 Å². The van der Waals surface area contributed by atoms with Gasteiger partial charge in [-0.25, -0.2) is 4.79 Å². The zero-order valence-corrected chi connectivity index (χ0v) is 8.37. The molecule has 14 heavy (non-hydrogen) atoms. The average Bonchev–Trinajstić information content (AvgIpc) is 2.45. The molecular weight excluding hydrogens is 182 g/mol. The molecule has 2 aliphatic rings. The fourth-order valence-corrected chi connectivity index (χ4v) is 2.44. The highest BCUT2D eigenvalue weighted by molar-refractivity contribution is 5.70. The summed E-state index contributed by atoms with van der Waals surface area (Å²) in [6.07, 6.45) is 5.28. The van der Waals surface area contributed by atoms with Crippen LogP contribution < -0.4 is 0 Å². The second-order valence-electron chi connectivity index (χ2n) is 4.26. The lowest BCUT2D eigenvalue weighted by atomic mass is 9.85. The minimum atomic E-state index is -0.249. The van der Waals surface area contributed by atoms with Gasteiger partial charge in [-0.2, -0.15) is 0 Å². The summed E-state index contributed by atoms with van der Waals surface area (Å²) in [4.78, 5) is 13.0. The number of ether oxygens (including phenoxy) is 1. The Labute approximate surface area is 83.8 Å². The second-order valence-corrected chi connectivity index (χ2v) is 4.26. The van der Waals surface area contributed by atoms with Gasteiger partial charge in [0.2, 0.25) is 0 Å². The number of amides is 1. The first-order valence-electron chi connectivity index (χ1n) is 5.35. The molecule has 4 heteroatoms. The van der Waals surface area contributed by atoms with Crippen molar-refractivity contribution in [1.82, 2.24) is 4.90 Å². The summed E-state index contributed by atoms with van der Waals surface area (Å²) < 4.78 is 5.43. The van der Waals surface area contributed by atoms with Crippen molar-refractivity contribution in [1.29, 1.82) is 0 Å². The van der Waals surface area contributed by atoms with Gasteiger partial charge < -0.3 is 14.7 Å². The van der Waals surface area contributed by atoms with Crippen molar-refractivity contribution in [2.24, 2.45) is 0 Å². The molecule has 0 aromatic heterocycles. The molecule has 1 spiro atoms. The molecular formula is C10H17NO3.